The van der Waals surface area contributed by atoms with Crippen LogP contribution >= 0.6 is 0 Å². The van der Waals surface area contributed by atoms with Gasteiger partial charge in [0.25, 0.3) is 0 Å². The number of nitrogens with zero attached hydrogens (tertiary/aromatic N) is 3. The van der Waals surface area contributed by atoms with E-state index in [2.05, 4.69) is 56.5 Å². The standard InChI is InChI=1S/C27H35F2N5O/c1-17(29)14-34-18(2)11-23-21(7-8-25-24(23)13-30-32-25)27(34)22-6-5-19(12-26(22)35-3)31-20-15-33(16-20)10-4-9-28/h5-8,12-13,17-18,20,27,31H,4,9-11,14-16H2,1-3H3,(H,30,32)/t17?,18-,27?/m1/s1. The Morgan fingerprint density at radius 1 is 1.23 bits per heavy atom. The van der Waals surface area contributed by atoms with E-state index in [1.54, 1.807) is 14.0 Å². The molecule has 0 saturated carbocycles. The number of hydrogen-bond acceptors (Lipinski definition) is 5. The van der Waals surface area contributed by atoms with Crippen LogP contribution in [-0.2, 0) is 6.42 Å². The van der Waals surface area contributed by atoms with Gasteiger partial charge in [-0.25, -0.2) is 4.39 Å². The van der Waals surface area contributed by atoms with Crippen LogP contribution in [0.4, 0.5) is 14.5 Å². The summed E-state index contributed by atoms with van der Waals surface area (Å²) in [6, 6.07) is 10.9. The van der Waals surface area contributed by atoms with Crippen molar-refractivity contribution in [1.82, 2.24) is 20.0 Å². The zero-order valence-corrected chi connectivity index (χ0v) is 20.7. The maximum absolute atomic E-state index is 14.3. The van der Waals surface area contributed by atoms with E-state index in [-0.39, 0.29) is 18.8 Å². The fraction of sp³-hybridized carbons (Fsp3) is 0.519. The number of anilines is 1. The molecule has 2 aliphatic rings. The van der Waals surface area contributed by atoms with Crippen molar-refractivity contribution in [2.24, 2.45) is 0 Å². The summed E-state index contributed by atoms with van der Waals surface area (Å²) in [5.74, 6) is 0.789. The van der Waals surface area contributed by atoms with E-state index in [0.29, 0.717) is 19.0 Å². The molecule has 2 unspecified atom stereocenters. The second kappa shape index (κ2) is 10.1. The Hall–Kier alpha value is -2.71. The van der Waals surface area contributed by atoms with Crippen molar-refractivity contribution in [2.75, 3.05) is 45.3 Å². The van der Waals surface area contributed by atoms with Crippen molar-refractivity contribution in [1.29, 1.82) is 0 Å². The molecule has 0 radical (unpaired) electrons. The van der Waals surface area contributed by atoms with E-state index >= 15 is 0 Å². The van der Waals surface area contributed by atoms with Gasteiger partial charge in [0, 0.05) is 54.9 Å². The van der Waals surface area contributed by atoms with E-state index in [9.17, 15) is 8.78 Å². The van der Waals surface area contributed by atoms with Crippen LogP contribution < -0.4 is 10.1 Å². The summed E-state index contributed by atoms with van der Waals surface area (Å²) in [5, 5.41) is 12.0. The molecule has 3 aromatic rings. The summed E-state index contributed by atoms with van der Waals surface area (Å²) in [6.45, 7) is 6.53. The molecule has 6 nitrogen and oxygen atoms in total. The molecule has 1 aromatic heterocycles. The number of benzene rings is 2. The fourth-order valence-corrected chi connectivity index (χ4v) is 5.73. The van der Waals surface area contributed by atoms with E-state index < -0.39 is 6.17 Å². The second-order valence-corrected chi connectivity index (χ2v) is 10.00. The number of ether oxygens (including phenoxy) is 1. The lowest BCUT2D eigenvalue weighted by molar-refractivity contribution is 0.113. The average Bonchev–Trinajstić information content (AvgIpc) is 3.30. The quantitative estimate of drug-likeness (QED) is 0.461. The molecule has 0 spiro atoms. The average molecular weight is 484 g/mol. The highest BCUT2D eigenvalue weighted by molar-refractivity contribution is 5.83. The SMILES string of the molecule is COc1cc(NC2CN(CCCF)C2)ccc1C1c2ccc3[nH]ncc3c2C[C@@H](C)N1CC(C)F. The van der Waals surface area contributed by atoms with Gasteiger partial charge in [-0.15, -0.1) is 0 Å². The topological polar surface area (TPSA) is 56.4 Å². The predicted molar refractivity (Wildman–Crippen MR) is 136 cm³/mol. The third kappa shape index (κ3) is 4.74. The first kappa shape index (κ1) is 24.0. The zero-order valence-electron chi connectivity index (χ0n) is 20.7. The van der Waals surface area contributed by atoms with Gasteiger partial charge in [0.2, 0.25) is 0 Å². The number of H-pyrrole nitrogens is 1. The first-order valence-corrected chi connectivity index (χ1v) is 12.6. The third-order valence-corrected chi connectivity index (χ3v) is 7.39. The number of likely N-dealkylation sites (tertiary alicyclic amines) is 1. The molecular formula is C27H35F2N5O. The Labute approximate surface area is 205 Å². The number of aromatic amines is 1. The summed E-state index contributed by atoms with van der Waals surface area (Å²) in [4.78, 5) is 4.52. The minimum Gasteiger partial charge on any atom is -0.496 e. The number of rotatable bonds is 9. The normalized spacial score (nSPS) is 22.1. The fourth-order valence-electron chi connectivity index (χ4n) is 5.73. The Kier molecular flexibility index (Phi) is 6.93. The van der Waals surface area contributed by atoms with Crippen molar-refractivity contribution in [3.05, 3.63) is 53.2 Å². The van der Waals surface area contributed by atoms with Gasteiger partial charge < -0.3 is 10.1 Å². The van der Waals surface area contributed by atoms with E-state index in [4.69, 9.17) is 4.74 Å². The lowest BCUT2D eigenvalue weighted by Crippen LogP contribution is -2.54. The highest BCUT2D eigenvalue weighted by Gasteiger charge is 2.36. The molecule has 1 saturated heterocycles. The van der Waals surface area contributed by atoms with Crippen LogP contribution in [0.3, 0.4) is 0 Å². The van der Waals surface area contributed by atoms with Crippen molar-refractivity contribution < 1.29 is 13.5 Å². The molecule has 8 heteroatoms. The molecule has 0 aliphatic carbocycles. The summed E-state index contributed by atoms with van der Waals surface area (Å²) >= 11 is 0. The van der Waals surface area contributed by atoms with Gasteiger partial charge in [-0.2, -0.15) is 5.10 Å². The molecular weight excluding hydrogens is 448 g/mol. The lowest BCUT2D eigenvalue weighted by atomic mass is 9.83. The number of alkyl halides is 2. The van der Waals surface area contributed by atoms with Gasteiger partial charge in [-0.1, -0.05) is 12.1 Å². The highest BCUT2D eigenvalue weighted by Crippen LogP contribution is 2.44. The van der Waals surface area contributed by atoms with Crippen LogP contribution in [-0.4, -0.2) is 78.2 Å². The van der Waals surface area contributed by atoms with Gasteiger partial charge >= 0.3 is 0 Å². The summed E-state index contributed by atoms with van der Waals surface area (Å²) in [6.07, 6.45) is 2.39. The summed E-state index contributed by atoms with van der Waals surface area (Å²) < 4.78 is 32.7. The van der Waals surface area contributed by atoms with Crippen LogP contribution in [0.2, 0.25) is 0 Å². The smallest absolute Gasteiger partial charge is 0.126 e. The number of halogens is 2. The Morgan fingerprint density at radius 3 is 2.77 bits per heavy atom. The van der Waals surface area contributed by atoms with Crippen LogP contribution in [0.1, 0.15) is 43.0 Å². The Bertz CT molecular complexity index is 1160. The Balaban J connectivity index is 1.46. The highest BCUT2D eigenvalue weighted by atomic mass is 19.1. The van der Waals surface area contributed by atoms with Crippen LogP contribution in [0, 0.1) is 0 Å². The van der Waals surface area contributed by atoms with Gasteiger partial charge in [-0.3, -0.25) is 19.3 Å². The zero-order chi connectivity index (χ0) is 24.5. The molecule has 3 heterocycles. The first-order valence-electron chi connectivity index (χ1n) is 12.6. The van der Waals surface area contributed by atoms with Crippen LogP contribution in [0.5, 0.6) is 5.75 Å². The van der Waals surface area contributed by atoms with E-state index in [0.717, 1.165) is 54.0 Å². The van der Waals surface area contributed by atoms with Crippen molar-refractivity contribution >= 4 is 16.6 Å². The monoisotopic (exact) mass is 483 g/mol. The van der Waals surface area contributed by atoms with Gasteiger partial charge in [0.15, 0.2) is 0 Å². The maximum atomic E-state index is 14.3. The number of aromatic nitrogens is 2. The minimum absolute atomic E-state index is 0.116. The largest absolute Gasteiger partial charge is 0.496 e. The molecule has 35 heavy (non-hydrogen) atoms. The third-order valence-electron chi connectivity index (χ3n) is 7.39. The molecule has 188 valence electrons. The molecule has 3 atom stereocenters. The van der Waals surface area contributed by atoms with Crippen LogP contribution in [0.15, 0.2) is 36.5 Å². The lowest BCUT2D eigenvalue weighted by Gasteiger charge is -2.43. The molecule has 2 aromatic carbocycles. The van der Waals surface area contributed by atoms with Crippen molar-refractivity contribution in [2.45, 2.75) is 51.0 Å². The second-order valence-electron chi connectivity index (χ2n) is 10.00. The predicted octanol–water partition coefficient (Wildman–Crippen LogP) is 4.72. The number of methoxy groups -OCH3 is 1. The van der Waals surface area contributed by atoms with Gasteiger partial charge in [-0.05, 0) is 49.9 Å². The molecule has 2 N–H and O–H groups in total. The first-order chi connectivity index (χ1) is 17.0. The molecule has 0 bridgehead atoms. The molecule has 5 rings (SSSR count). The minimum atomic E-state index is -0.940. The van der Waals surface area contributed by atoms with Crippen molar-refractivity contribution in [3.63, 3.8) is 0 Å². The summed E-state index contributed by atoms with van der Waals surface area (Å²) in [7, 11) is 1.69. The van der Waals surface area contributed by atoms with Crippen LogP contribution in [0.25, 0.3) is 10.9 Å². The molecule has 0 amide bonds. The van der Waals surface area contributed by atoms with Gasteiger partial charge in [0.1, 0.15) is 11.9 Å². The van der Waals surface area contributed by atoms with E-state index in [1.165, 1.54) is 11.1 Å². The number of nitrogens with one attached hydrogen (secondary N) is 2. The van der Waals surface area contributed by atoms with E-state index in [1.807, 2.05) is 12.3 Å². The molecule has 1 fully saturated rings. The summed E-state index contributed by atoms with van der Waals surface area (Å²) in [5.41, 5.74) is 5.50. The number of hydrogen-bond donors (Lipinski definition) is 2. The number of fused-ring (bicyclic) bond motifs is 3. The Morgan fingerprint density at radius 2 is 2.03 bits per heavy atom. The van der Waals surface area contributed by atoms with Crippen molar-refractivity contribution in [3.8, 4) is 5.75 Å². The molecule has 2 aliphatic heterocycles. The van der Waals surface area contributed by atoms with Gasteiger partial charge in [0.05, 0.1) is 37.6 Å². The maximum Gasteiger partial charge on any atom is 0.126 e.